The van der Waals surface area contributed by atoms with Crippen LogP contribution in [0.3, 0.4) is 0 Å². The van der Waals surface area contributed by atoms with Gasteiger partial charge in [-0.05, 0) is 32.1 Å². The van der Waals surface area contributed by atoms with Crippen molar-refractivity contribution in [2.75, 3.05) is 6.54 Å². The SMILES string of the molecule is CC(C)(C)/C(O)=C/C(N)=NC(=O)[C@@H]1CCCCN1C(=O)C1CCC(F)(F)CC1. The number of halogens is 2. The minimum atomic E-state index is -2.70. The summed E-state index contributed by atoms with van der Waals surface area (Å²) in [4.78, 5) is 30.9. The number of hydrogen-bond donors (Lipinski definition) is 2. The van der Waals surface area contributed by atoms with Crippen LogP contribution in [-0.4, -0.2) is 46.2 Å². The van der Waals surface area contributed by atoms with Crippen molar-refractivity contribution in [1.82, 2.24) is 4.90 Å². The van der Waals surface area contributed by atoms with E-state index in [0.29, 0.717) is 13.0 Å². The molecule has 0 radical (unpaired) electrons. The highest BCUT2D eigenvalue weighted by Gasteiger charge is 2.41. The molecule has 1 heterocycles. The third-order valence-electron chi connectivity index (χ3n) is 5.43. The molecule has 158 valence electrons. The van der Waals surface area contributed by atoms with Crippen molar-refractivity contribution in [1.29, 1.82) is 0 Å². The molecule has 0 aromatic carbocycles. The van der Waals surface area contributed by atoms with Gasteiger partial charge >= 0.3 is 0 Å². The van der Waals surface area contributed by atoms with Crippen LogP contribution in [0.25, 0.3) is 0 Å². The molecule has 1 saturated heterocycles. The van der Waals surface area contributed by atoms with Gasteiger partial charge in [-0.15, -0.1) is 0 Å². The number of alkyl halides is 2. The zero-order valence-corrected chi connectivity index (χ0v) is 16.9. The lowest BCUT2D eigenvalue weighted by Gasteiger charge is -2.37. The van der Waals surface area contributed by atoms with Crippen molar-refractivity contribution >= 4 is 17.6 Å². The van der Waals surface area contributed by atoms with Gasteiger partial charge in [0.05, 0.1) is 0 Å². The second kappa shape index (κ2) is 8.57. The fraction of sp³-hybridized carbons (Fsp3) is 0.750. The molecule has 2 amide bonds. The van der Waals surface area contributed by atoms with Crippen LogP contribution in [0.5, 0.6) is 0 Å². The van der Waals surface area contributed by atoms with E-state index in [4.69, 9.17) is 5.73 Å². The number of nitrogens with two attached hydrogens (primary N) is 1. The molecule has 28 heavy (non-hydrogen) atoms. The van der Waals surface area contributed by atoms with Crippen molar-refractivity contribution in [3.8, 4) is 0 Å². The Hall–Kier alpha value is -1.99. The summed E-state index contributed by atoms with van der Waals surface area (Å²) in [6, 6.07) is -0.729. The zero-order chi connectivity index (χ0) is 21.1. The van der Waals surface area contributed by atoms with Gasteiger partial charge in [0, 0.05) is 36.8 Å². The maximum Gasteiger partial charge on any atom is 0.270 e. The molecular weight excluding hydrogens is 368 g/mol. The third-order valence-corrected chi connectivity index (χ3v) is 5.43. The Balaban J connectivity index is 2.11. The molecule has 1 saturated carbocycles. The average molecular weight is 399 g/mol. The molecule has 0 bridgehead atoms. The first-order chi connectivity index (χ1) is 12.9. The van der Waals surface area contributed by atoms with Crippen LogP contribution in [0.4, 0.5) is 8.78 Å². The Labute approximate surface area is 164 Å². The van der Waals surface area contributed by atoms with Crippen molar-refractivity contribution < 1.29 is 23.5 Å². The number of rotatable bonds is 3. The summed E-state index contributed by atoms with van der Waals surface area (Å²) >= 11 is 0. The quantitative estimate of drug-likeness (QED) is 0.431. The van der Waals surface area contributed by atoms with Crippen LogP contribution < -0.4 is 5.73 Å². The first-order valence-electron chi connectivity index (χ1n) is 9.88. The summed E-state index contributed by atoms with van der Waals surface area (Å²) in [5, 5.41) is 10.00. The Morgan fingerprint density at radius 3 is 2.36 bits per heavy atom. The van der Waals surface area contributed by atoms with E-state index in [-0.39, 0.29) is 43.2 Å². The van der Waals surface area contributed by atoms with E-state index in [0.717, 1.165) is 12.8 Å². The highest BCUT2D eigenvalue weighted by Crippen LogP contribution is 2.37. The number of hydrogen-bond acceptors (Lipinski definition) is 3. The van der Waals surface area contributed by atoms with Gasteiger partial charge in [-0.25, -0.2) is 8.78 Å². The van der Waals surface area contributed by atoms with Crippen LogP contribution >= 0.6 is 0 Å². The molecule has 0 spiro atoms. The number of amidine groups is 1. The molecule has 0 unspecified atom stereocenters. The maximum atomic E-state index is 13.4. The summed E-state index contributed by atoms with van der Waals surface area (Å²) in [7, 11) is 0. The van der Waals surface area contributed by atoms with Crippen LogP contribution in [-0.2, 0) is 9.59 Å². The fourth-order valence-electron chi connectivity index (χ4n) is 3.56. The minimum Gasteiger partial charge on any atom is -0.512 e. The van der Waals surface area contributed by atoms with Gasteiger partial charge in [-0.2, -0.15) is 4.99 Å². The second-order valence-corrected chi connectivity index (χ2v) is 8.83. The molecule has 2 aliphatic rings. The zero-order valence-electron chi connectivity index (χ0n) is 16.9. The molecule has 0 aromatic heterocycles. The number of aliphatic hydroxyl groups excluding tert-OH is 1. The lowest BCUT2D eigenvalue weighted by molar-refractivity contribution is -0.147. The van der Waals surface area contributed by atoms with Crippen LogP contribution in [0.1, 0.15) is 65.7 Å². The van der Waals surface area contributed by atoms with Gasteiger partial charge in [-0.1, -0.05) is 20.8 Å². The van der Waals surface area contributed by atoms with Crippen LogP contribution in [0, 0.1) is 11.3 Å². The third kappa shape index (κ3) is 5.75. The predicted octanol–water partition coefficient (Wildman–Crippen LogP) is 3.56. The fourth-order valence-corrected chi connectivity index (χ4v) is 3.56. The van der Waals surface area contributed by atoms with Crippen LogP contribution in [0.2, 0.25) is 0 Å². The van der Waals surface area contributed by atoms with Gasteiger partial charge in [0.15, 0.2) is 0 Å². The molecule has 1 aliphatic carbocycles. The van der Waals surface area contributed by atoms with Gasteiger partial charge in [0.1, 0.15) is 17.6 Å². The molecule has 8 heteroatoms. The number of carbonyl (C=O) groups is 2. The number of nitrogens with zero attached hydrogens (tertiary/aromatic N) is 2. The maximum absolute atomic E-state index is 13.4. The summed E-state index contributed by atoms with van der Waals surface area (Å²) in [5.74, 6) is -4.07. The standard InChI is InChI=1S/C20H31F2N3O3/c1-19(2,3)15(26)12-16(23)24-17(27)14-6-4-5-11-25(14)18(28)13-7-9-20(21,22)10-8-13/h12-14,26H,4-11H2,1-3H3,(H2,23,24,27)/b15-12-/t14-/m0/s1. The smallest absolute Gasteiger partial charge is 0.270 e. The number of allylic oxidation sites excluding steroid dienone is 1. The molecule has 2 fully saturated rings. The number of carbonyl (C=O) groups excluding carboxylic acids is 2. The van der Waals surface area contributed by atoms with Crippen LogP contribution in [0.15, 0.2) is 16.8 Å². The van der Waals surface area contributed by atoms with E-state index in [1.54, 1.807) is 20.8 Å². The number of likely N-dealkylation sites (tertiary alicyclic amines) is 1. The number of piperidine rings is 1. The van der Waals surface area contributed by atoms with Gasteiger partial charge in [-0.3, -0.25) is 9.59 Å². The Morgan fingerprint density at radius 1 is 1.18 bits per heavy atom. The molecule has 6 nitrogen and oxygen atoms in total. The molecule has 1 atom stereocenters. The monoisotopic (exact) mass is 399 g/mol. The Morgan fingerprint density at radius 2 is 1.79 bits per heavy atom. The summed E-state index contributed by atoms with van der Waals surface area (Å²) in [5.41, 5.74) is 5.25. The van der Waals surface area contributed by atoms with Gasteiger partial charge in [0.2, 0.25) is 11.8 Å². The molecule has 0 aromatic rings. The topological polar surface area (TPSA) is 96.0 Å². The van der Waals surface area contributed by atoms with E-state index in [9.17, 15) is 23.5 Å². The first-order valence-corrected chi connectivity index (χ1v) is 9.88. The highest BCUT2D eigenvalue weighted by molar-refractivity contribution is 6.02. The predicted molar refractivity (Wildman–Crippen MR) is 103 cm³/mol. The second-order valence-electron chi connectivity index (χ2n) is 8.83. The number of amides is 2. The summed E-state index contributed by atoms with van der Waals surface area (Å²) in [6.45, 7) is 5.80. The van der Waals surface area contributed by atoms with Crippen molar-refractivity contribution in [3.05, 3.63) is 11.8 Å². The van der Waals surface area contributed by atoms with Gasteiger partial charge in [0.25, 0.3) is 5.91 Å². The molecular formula is C20H31F2N3O3. The molecule has 2 rings (SSSR count). The summed E-state index contributed by atoms with van der Waals surface area (Å²) in [6.07, 6.45) is 2.95. The highest BCUT2D eigenvalue weighted by atomic mass is 19.3. The Kier molecular flexibility index (Phi) is 6.83. The largest absolute Gasteiger partial charge is 0.512 e. The van der Waals surface area contributed by atoms with E-state index in [1.807, 2.05) is 0 Å². The lowest BCUT2D eigenvalue weighted by Crippen LogP contribution is -2.50. The lowest BCUT2D eigenvalue weighted by atomic mass is 9.85. The van der Waals surface area contributed by atoms with Crippen molar-refractivity contribution in [2.45, 2.75) is 77.7 Å². The summed E-state index contributed by atoms with van der Waals surface area (Å²) < 4.78 is 26.8. The number of aliphatic hydroxyl groups is 1. The minimum absolute atomic E-state index is 0.00117. The van der Waals surface area contributed by atoms with Crippen molar-refractivity contribution in [3.63, 3.8) is 0 Å². The average Bonchev–Trinajstić information content (AvgIpc) is 2.60. The van der Waals surface area contributed by atoms with E-state index >= 15 is 0 Å². The number of aliphatic imine (C=N–C) groups is 1. The van der Waals surface area contributed by atoms with Crippen molar-refractivity contribution in [2.24, 2.45) is 22.1 Å². The van der Waals surface area contributed by atoms with Gasteiger partial charge < -0.3 is 15.7 Å². The first kappa shape index (κ1) is 22.3. The van der Waals surface area contributed by atoms with E-state index < -0.39 is 29.2 Å². The molecule has 1 aliphatic heterocycles. The normalized spacial score (nSPS) is 24.9. The van der Waals surface area contributed by atoms with E-state index in [2.05, 4.69) is 4.99 Å². The van der Waals surface area contributed by atoms with E-state index in [1.165, 1.54) is 11.0 Å². The Bertz CT molecular complexity index is 658. The molecule has 3 N–H and O–H groups in total.